The summed E-state index contributed by atoms with van der Waals surface area (Å²) >= 11 is 6.75. The number of primary amides is 1. The molecule has 0 spiro atoms. The molecule has 1 unspecified atom stereocenters. The first-order chi connectivity index (χ1) is 65.8. The minimum absolute atomic E-state index is 0.0307. The van der Waals surface area contributed by atoms with Gasteiger partial charge in [-0.15, -0.1) is 5.92 Å². The zero-order valence-corrected chi connectivity index (χ0v) is 85.1. The molecule has 2 aliphatic heterocycles. The summed E-state index contributed by atoms with van der Waals surface area (Å²) in [7, 11) is 6.29. The van der Waals surface area contributed by atoms with Crippen LogP contribution in [0.15, 0.2) is 194 Å². The van der Waals surface area contributed by atoms with E-state index in [4.69, 9.17) is 50.5 Å². The molecule has 3 aromatic carbocycles. The number of sulfonamides is 1. The largest absolute Gasteiger partial charge is 0.492 e. The highest BCUT2D eigenvalue weighted by molar-refractivity contribution is 7.89. The number of fused-ring (bicyclic) bond motifs is 15. The highest BCUT2D eigenvalue weighted by atomic mass is 35.5. The number of carbonyl (C=O) groups excluding carboxylic acids is 8. The lowest BCUT2D eigenvalue weighted by molar-refractivity contribution is -0.172. The minimum Gasteiger partial charge on any atom is -0.492 e. The molecule has 1 saturated heterocycles. The molecular formula is C111H138ClFN6O19S. The Morgan fingerprint density at radius 1 is 0.806 bits per heavy atom. The number of nitrogens with two attached hydrogens (primary N) is 1. The van der Waals surface area contributed by atoms with Crippen LogP contribution >= 0.6 is 11.6 Å². The van der Waals surface area contributed by atoms with E-state index in [1.165, 1.54) is 75.8 Å². The Bertz CT molecular complexity index is 5960. The van der Waals surface area contributed by atoms with Gasteiger partial charge in [0.05, 0.1) is 67.3 Å². The van der Waals surface area contributed by atoms with E-state index in [0.29, 0.717) is 105 Å². The number of aliphatic hydroxyl groups is 2. The molecule has 139 heavy (non-hydrogen) atoms. The number of aliphatic hydroxyl groups excluding tert-OH is 1. The Labute approximate surface area is 822 Å². The van der Waals surface area contributed by atoms with Crippen LogP contribution in [-0.4, -0.2) is 191 Å². The van der Waals surface area contributed by atoms with Gasteiger partial charge in [0.1, 0.15) is 17.5 Å². The second-order valence-electron chi connectivity index (χ2n) is 42.1. The van der Waals surface area contributed by atoms with E-state index in [9.17, 15) is 61.4 Å². The number of rotatable bonds is 16. The van der Waals surface area contributed by atoms with E-state index in [0.717, 1.165) is 109 Å². The number of hydrogen-bond acceptors (Lipinski definition) is 21. The number of benzene rings is 3. The summed E-state index contributed by atoms with van der Waals surface area (Å²) in [6.45, 7) is 24.6. The number of ketones is 5. The van der Waals surface area contributed by atoms with Crippen molar-refractivity contribution in [2.24, 2.45) is 81.2 Å². The standard InChI is InChI=1S/C30H36FN3O4S.C29H40N2O9.C29H35NO2.C23H27ClO4/c1-29(2,3)23-5-11-27(12-6-23)39(35,36)33-14-13-24-17-28-22(18-30(24,20-33)21-38-16-15-37-4)19-32-34(28)26-9-7-25(31)8-10-26;1-15-11-19-25(34)20(14-21(32)27(19)39-7)31-28(35)16(2)9-8-10-22(37-5)26(40-29(30)36)18(4)13-17(3)24(33)23(12-15)38-6;1-5-15-29(32)16-14-26-24-12-8-20-17-22(31)11-13-23(20)27(24)25(18-28(26,29)2)19-6-9-21(10-7-19)30(3)4;1-11(25)23(28-12(2)26)7-6-13-14-9-20(24)19-10-21(27)15-8-18(15)22(19,3)16(14)4-5-17(13)23/h5-12,17,19H,13-16,18,20-21H2,1-4H3;8-10,13-15,17,22-24,26,33H,11-12H2,1-7H3,(H2,30,36)(H,31,35);6-7,9-10,17,24-26,32H,8,11-14,16,18H2,1-4H3;9-10,13-18H,4-8H2,1-3H3/b;10-8+,16-9+,18-13+;;/t30-;15-,17+,22+,23+,24-,26+;24-,25+,26-,28-,29-;13-,14-,15+,16-,17?,18-,22-,23-/m1100/s1. The van der Waals surface area contributed by atoms with Gasteiger partial charge in [-0.3, -0.25) is 33.6 Å². The summed E-state index contributed by atoms with van der Waals surface area (Å²) in [5.74, 6) is 6.55. The maximum Gasteiger partial charge on any atom is 0.405 e. The third-order valence-corrected chi connectivity index (χ3v) is 34.7. The molecule has 0 radical (unpaired) electrons. The zero-order valence-electron chi connectivity index (χ0n) is 83.6. The normalized spacial score (nSPS) is 33.0. The number of ether oxygens (including phenoxy) is 7. The fraction of sp³-hybridized carbons (Fsp3) is 0.541. The first kappa shape index (κ1) is 105. The van der Waals surface area contributed by atoms with Gasteiger partial charge in [0.15, 0.2) is 34.8 Å². The van der Waals surface area contributed by atoms with Crippen molar-refractivity contribution in [1.29, 1.82) is 0 Å². The number of methoxy groups -OCH3 is 4. The second-order valence-corrected chi connectivity index (χ2v) is 44.5. The van der Waals surface area contributed by atoms with Gasteiger partial charge >= 0.3 is 12.1 Å². The van der Waals surface area contributed by atoms with Gasteiger partial charge in [0.25, 0.3) is 5.91 Å². The molecule has 5 N–H and O–H groups in total. The van der Waals surface area contributed by atoms with Crippen LogP contribution in [0.2, 0.25) is 0 Å². The molecule has 28 heteroatoms. The molecule has 2 amide bonds. The molecule has 17 rings (SSSR count). The van der Waals surface area contributed by atoms with Gasteiger partial charge in [-0.2, -0.15) is 9.40 Å². The van der Waals surface area contributed by atoms with Gasteiger partial charge in [0.2, 0.25) is 21.6 Å². The maximum atomic E-state index is 13.8. The highest BCUT2D eigenvalue weighted by Gasteiger charge is 2.68. The van der Waals surface area contributed by atoms with Crippen molar-refractivity contribution in [2.45, 2.75) is 238 Å². The summed E-state index contributed by atoms with van der Waals surface area (Å²) < 4.78 is 83.2. The number of allylic oxidation sites excluding steroid dienone is 12. The lowest BCUT2D eigenvalue weighted by atomic mass is 9.51. The van der Waals surface area contributed by atoms with Crippen molar-refractivity contribution in [3.05, 3.63) is 217 Å². The number of hydrogen-bond donors (Lipinski definition) is 4. The SMILES string of the molecule is CC#C[C@]1(O)CC[C@H]2[C@@H]3CCC4=CC(=O)CCC4=C3[C@@H](c3ccc(N(C)C)cc3)C[C@@]21C.CC(=O)O[C@]1(C(C)=O)CC[C@@H]2C1CC[C@H]1[C@H]2C=C(Cl)C2=CC(=O)[C@@H]3C[C@@H]3[C@@]21C.COC1=C2C[C@@H](C)C[C@H](OC)[C@H](O)[C@@H](C)/C=C(\C)[C@H](OC(N)=O)[C@@H](OC)/C=C/C=C(\C)C(=O)NC(=CC1=O)C2=O.COCCOC[C@]12Cc3cnn(-c4ccc(F)cc4)c3C=C1CCN(S(=O)(=O)c1ccc(C(C)(C)C)cc1)C2. The molecular weight excluding hydrogens is 1810 g/mol. The first-order valence-electron chi connectivity index (χ1n) is 48.9. The van der Waals surface area contributed by atoms with E-state index in [-0.39, 0.29) is 104 Å². The van der Waals surface area contributed by atoms with Crippen molar-refractivity contribution < 1.29 is 94.5 Å². The molecule has 1 aromatic heterocycles. The van der Waals surface area contributed by atoms with E-state index >= 15 is 0 Å². The number of aromatic nitrogens is 2. The lowest BCUT2D eigenvalue weighted by Crippen LogP contribution is -2.52. The number of nitrogens with one attached hydrogen (secondary N) is 1. The molecule has 5 saturated carbocycles. The summed E-state index contributed by atoms with van der Waals surface area (Å²) in [5.41, 5.74) is 16.2. The van der Waals surface area contributed by atoms with Gasteiger partial charge in [-0.1, -0.05) is 132 Å². The number of esters is 1. The van der Waals surface area contributed by atoms with E-state index < -0.39 is 80.5 Å². The third-order valence-electron chi connectivity index (χ3n) is 32.5. The van der Waals surface area contributed by atoms with Crippen molar-refractivity contribution in [1.82, 2.24) is 19.4 Å². The van der Waals surface area contributed by atoms with Crippen LogP contribution in [0.5, 0.6) is 0 Å². The monoisotopic (exact) mass is 1940 g/mol. The Hall–Kier alpha value is -10.1. The minimum atomic E-state index is -3.70. The number of halogens is 2. The molecule has 13 aliphatic rings. The van der Waals surface area contributed by atoms with E-state index in [1.807, 2.05) is 49.0 Å². The fourth-order valence-electron chi connectivity index (χ4n) is 25.2. The predicted octanol–water partition coefficient (Wildman–Crippen LogP) is 17.0. The maximum absolute atomic E-state index is 13.8. The Balaban J connectivity index is 0.000000149. The Kier molecular flexibility index (Phi) is 31.8. The van der Waals surface area contributed by atoms with Gasteiger partial charge in [-0.25, -0.2) is 22.3 Å². The van der Waals surface area contributed by atoms with Crippen molar-refractivity contribution in [2.75, 3.05) is 80.3 Å². The molecule has 11 aliphatic carbocycles. The molecule has 6 fully saturated rings. The van der Waals surface area contributed by atoms with Crippen molar-refractivity contribution >= 4 is 80.3 Å². The number of carbonyl (C=O) groups is 8. The molecule has 25 nitrogen and oxygen atoms in total. The zero-order chi connectivity index (χ0) is 101. The average Bonchev–Trinajstić information content (AvgIpc) is 1.53. The van der Waals surface area contributed by atoms with Crippen LogP contribution in [-0.2, 0) is 88.6 Å². The fourth-order valence-corrected chi connectivity index (χ4v) is 27.1. The topological polar surface area (TPSA) is 338 Å². The van der Waals surface area contributed by atoms with Crippen LogP contribution in [0.1, 0.15) is 208 Å². The number of anilines is 1. The van der Waals surface area contributed by atoms with E-state index in [2.05, 4.69) is 112 Å². The van der Waals surface area contributed by atoms with Gasteiger partial charge in [0, 0.05) is 130 Å². The number of piperidine rings is 1. The number of nitrogens with zero attached hydrogens (tertiary/aromatic N) is 4. The number of Topliss-reactive ketones (excluding diaryl/α,β-unsaturated/α-hetero) is 2. The van der Waals surface area contributed by atoms with Crippen molar-refractivity contribution in [3.63, 3.8) is 0 Å². The number of amides is 2. The highest BCUT2D eigenvalue weighted by Crippen LogP contribution is 2.71. The smallest absolute Gasteiger partial charge is 0.405 e. The van der Waals surface area contributed by atoms with Crippen LogP contribution in [0, 0.1) is 93.1 Å². The van der Waals surface area contributed by atoms with Crippen molar-refractivity contribution in [3.8, 4) is 17.5 Å². The summed E-state index contributed by atoms with van der Waals surface area (Å²) in [6.07, 6.45) is 25.3. The average molecular weight is 1950 g/mol. The quantitative estimate of drug-likeness (QED) is 0.0266. The second kappa shape index (κ2) is 42.2. The summed E-state index contributed by atoms with van der Waals surface area (Å²) in [4.78, 5) is 102. The Morgan fingerprint density at radius 2 is 1.52 bits per heavy atom. The first-order valence-corrected chi connectivity index (χ1v) is 50.7. The molecule has 2 bridgehead atoms. The van der Waals surface area contributed by atoms with Crippen LogP contribution < -0.4 is 16.0 Å². The third kappa shape index (κ3) is 21.0. The van der Waals surface area contributed by atoms with Gasteiger partial charge in [-0.05, 0) is 277 Å². The van der Waals surface area contributed by atoms with Crippen LogP contribution in [0.4, 0.5) is 14.9 Å². The predicted molar refractivity (Wildman–Crippen MR) is 529 cm³/mol. The molecule has 3 heterocycles. The van der Waals surface area contributed by atoms with Crippen LogP contribution in [0.25, 0.3) is 11.8 Å². The lowest BCUT2D eigenvalue weighted by Gasteiger charge is -2.54. The molecule has 746 valence electrons. The van der Waals surface area contributed by atoms with Gasteiger partial charge < -0.3 is 59.3 Å². The summed E-state index contributed by atoms with van der Waals surface area (Å²) in [6, 6.07) is 22.5. The summed E-state index contributed by atoms with van der Waals surface area (Å²) in [5, 5.41) is 30.7. The molecule has 20 atom stereocenters. The molecule has 4 aromatic rings. The Morgan fingerprint density at radius 3 is 2.17 bits per heavy atom. The van der Waals surface area contributed by atoms with Crippen LogP contribution in [0.3, 0.4) is 0 Å². The van der Waals surface area contributed by atoms with E-state index in [1.54, 1.807) is 80.3 Å².